The normalized spacial score (nSPS) is 10.9. The Morgan fingerprint density at radius 1 is 1.44 bits per heavy atom. The minimum absolute atomic E-state index is 0.133. The van der Waals surface area contributed by atoms with Gasteiger partial charge in [0.2, 0.25) is 10.0 Å². The molecule has 1 rings (SSSR count). The maximum atomic E-state index is 11.1. The van der Waals surface area contributed by atoms with Crippen molar-refractivity contribution in [2.75, 3.05) is 18.1 Å². The molecule has 0 fully saturated rings. The molecule has 0 aliphatic heterocycles. The van der Waals surface area contributed by atoms with Crippen LogP contribution in [0.2, 0.25) is 5.02 Å². The number of ether oxygens (including phenoxy) is 1. The molecule has 0 aliphatic rings. The third-order valence-electron chi connectivity index (χ3n) is 1.69. The summed E-state index contributed by atoms with van der Waals surface area (Å²) in [6.07, 6.45) is 1.01. The van der Waals surface area contributed by atoms with Crippen molar-refractivity contribution in [3.8, 4) is 0 Å². The van der Waals surface area contributed by atoms with Crippen molar-refractivity contribution in [1.82, 2.24) is 0 Å². The monoisotopic (exact) mass is 263 g/mol. The predicted molar refractivity (Wildman–Crippen MR) is 61.3 cm³/mol. The van der Waals surface area contributed by atoms with E-state index in [0.717, 1.165) is 6.26 Å². The van der Waals surface area contributed by atoms with E-state index in [1.54, 1.807) is 0 Å². The largest absolute Gasteiger partial charge is 0.465 e. The van der Waals surface area contributed by atoms with Gasteiger partial charge in [-0.15, -0.1) is 0 Å². The van der Waals surface area contributed by atoms with Gasteiger partial charge < -0.3 is 4.74 Å². The fourth-order valence-electron chi connectivity index (χ4n) is 1.04. The van der Waals surface area contributed by atoms with Crippen LogP contribution in [-0.4, -0.2) is 27.8 Å². The molecule has 1 N–H and O–H groups in total. The second-order valence-electron chi connectivity index (χ2n) is 3.06. The Morgan fingerprint density at radius 3 is 2.50 bits per heavy atom. The first-order valence-electron chi connectivity index (χ1n) is 4.19. The molecule has 0 saturated heterocycles. The zero-order valence-electron chi connectivity index (χ0n) is 8.65. The fraction of sp³-hybridized carbons (Fsp3) is 0.222. The molecule has 0 atom stereocenters. The predicted octanol–water partition coefficient (Wildman–Crippen LogP) is 1.50. The summed E-state index contributed by atoms with van der Waals surface area (Å²) in [4.78, 5) is 11.1. The summed E-state index contributed by atoms with van der Waals surface area (Å²) in [6.45, 7) is 0. The molecule has 7 heteroatoms. The molecule has 1 aromatic rings. The van der Waals surface area contributed by atoms with Gasteiger partial charge in [-0.25, -0.2) is 13.2 Å². The molecule has 16 heavy (non-hydrogen) atoms. The van der Waals surface area contributed by atoms with Crippen LogP contribution in [0.15, 0.2) is 18.2 Å². The van der Waals surface area contributed by atoms with Crippen LogP contribution in [0.3, 0.4) is 0 Å². The van der Waals surface area contributed by atoms with Crippen LogP contribution in [0.1, 0.15) is 10.4 Å². The Hall–Kier alpha value is -1.27. The molecule has 0 spiro atoms. The van der Waals surface area contributed by atoms with Crippen LogP contribution in [0.25, 0.3) is 0 Å². The molecule has 0 aromatic heterocycles. The molecule has 0 radical (unpaired) electrons. The zero-order chi connectivity index (χ0) is 12.3. The van der Waals surface area contributed by atoms with Gasteiger partial charge in [0.1, 0.15) is 0 Å². The van der Waals surface area contributed by atoms with E-state index in [-0.39, 0.29) is 16.3 Å². The van der Waals surface area contributed by atoms with Gasteiger partial charge in [-0.2, -0.15) is 0 Å². The molecule has 0 amide bonds. The Morgan fingerprint density at radius 2 is 2.06 bits per heavy atom. The highest BCUT2D eigenvalue weighted by Gasteiger charge is 2.10. The van der Waals surface area contributed by atoms with Crippen LogP contribution >= 0.6 is 11.6 Å². The van der Waals surface area contributed by atoms with E-state index in [9.17, 15) is 13.2 Å². The van der Waals surface area contributed by atoms with E-state index < -0.39 is 16.0 Å². The van der Waals surface area contributed by atoms with Gasteiger partial charge in [-0.05, 0) is 18.2 Å². The summed E-state index contributed by atoms with van der Waals surface area (Å²) >= 11 is 5.80. The number of anilines is 1. The van der Waals surface area contributed by atoms with Crippen LogP contribution in [-0.2, 0) is 14.8 Å². The third kappa shape index (κ3) is 3.39. The van der Waals surface area contributed by atoms with Crippen LogP contribution in [0.5, 0.6) is 0 Å². The maximum absolute atomic E-state index is 11.1. The molecular formula is C9H10ClNO4S. The Labute approximate surface area is 98.4 Å². The van der Waals surface area contributed by atoms with E-state index in [1.807, 2.05) is 0 Å². The average molecular weight is 264 g/mol. The van der Waals surface area contributed by atoms with Gasteiger partial charge >= 0.3 is 5.97 Å². The van der Waals surface area contributed by atoms with Gasteiger partial charge in [0.05, 0.1) is 29.6 Å². The number of carbonyl (C=O) groups is 1. The number of halogens is 1. The van der Waals surface area contributed by atoms with E-state index in [1.165, 1.54) is 25.3 Å². The van der Waals surface area contributed by atoms with Gasteiger partial charge in [-0.3, -0.25) is 4.72 Å². The van der Waals surface area contributed by atoms with Crippen molar-refractivity contribution >= 4 is 33.3 Å². The first-order chi connectivity index (χ1) is 7.33. The Kier molecular flexibility index (Phi) is 3.77. The lowest BCUT2D eigenvalue weighted by molar-refractivity contribution is 0.0601. The third-order valence-corrected chi connectivity index (χ3v) is 2.59. The van der Waals surface area contributed by atoms with Crippen molar-refractivity contribution in [1.29, 1.82) is 0 Å². The van der Waals surface area contributed by atoms with Gasteiger partial charge in [0.25, 0.3) is 0 Å². The summed E-state index contributed by atoms with van der Waals surface area (Å²) in [5, 5.41) is 0.133. The summed E-state index contributed by atoms with van der Waals surface area (Å²) < 4.78 is 28.7. The molecule has 0 heterocycles. The van der Waals surface area contributed by atoms with Crippen LogP contribution in [0.4, 0.5) is 5.69 Å². The number of nitrogens with one attached hydrogen (secondary N) is 1. The summed E-state index contributed by atoms with van der Waals surface area (Å²) in [7, 11) is -2.14. The molecule has 0 aliphatic carbocycles. The van der Waals surface area contributed by atoms with E-state index >= 15 is 0 Å². The second kappa shape index (κ2) is 4.71. The SMILES string of the molecule is COC(=O)c1ccc(NS(C)(=O)=O)c(Cl)c1. The Balaban J connectivity index is 3.05. The second-order valence-corrected chi connectivity index (χ2v) is 5.22. The van der Waals surface area contributed by atoms with Crippen molar-refractivity contribution < 1.29 is 17.9 Å². The number of carbonyl (C=O) groups excluding carboxylic acids is 1. The Bertz CT molecular complexity index is 512. The number of benzene rings is 1. The molecule has 5 nitrogen and oxygen atoms in total. The number of hydrogen-bond donors (Lipinski definition) is 1. The summed E-state index contributed by atoms with van der Waals surface area (Å²) in [5.41, 5.74) is 0.475. The fourth-order valence-corrected chi connectivity index (χ4v) is 1.90. The molecule has 0 bridgehead atoms. The molecule has 1 aromatic carbocycles. The van der Waals surface area contributed by atoms with Crippen LogP contribution < -0.4 is 4.72 Å². The van der Waals surface area contributed by atoms with Crippen molar-refractivity contribution in [2.24, 2.45) is 0 Å². The van der Waals surface area contributed by atoms with E-state index in [0.29, 0.717) is 0 Å². The lowest BCUT2D eigenvalue weighted by Crippen LogP contribution is -2.10. The van der Waals surface area contributed by atoms with Gasteiger partial charge in [0.15, 0.2) is 0 Å². The molecule has 88 valence electrons. The number of sulfonamides is 1. The first kappa shape index (κ1) is 12.8. The van der Waals surface area contributed by atoms with Crippen LogP contribution in [0, 0.1) is 0 Å². The lowest BCUT2D eigenvalue weighted by atomic mass is 10.2. The highest BCUT2D eigenvalue weighted by molar-refractivity contribution is 7.92. The van der Waals surface area contributed by atoms with Crippen molar-refractivity contribution in [3.63, 3.8) is 0 Å². The lowest BCUT2D eigenvalue weighted by Gasteiger charge is -2.07. The zero-order valence-corrected chi connectivity index (χ0v) is 10.2. The van der Waals surface area contributed by atoms with E-state index in [4.69, 9.17) is 11.6 Å². The average Bonchev–Trinajstić information content (AvgIpc) is 2.18. The molecular weight excluding hydrogens is 254 g/mol. The molecule has 0 unspecified atom stereocenters. The summed E-state index contributed by atoms with van der Waals surface area (Å²) in [6, 6.07) is 4.15. The first-order valence-corrected chi connectivity index (χ1v) is 6.46. The quantitative estimate of drug-likeness (QED) is 0.839. The standard InChI is InChI=1S/C9H10ClNO4S/c1-15-9(12)6-3-4-8(7(10)5-6)11-16(2,13)14/h3-5,11H,1-2H3. The smallest absolute Gasteiger partial charge is 0.337 e. The minimum Gasteiger partial charge on any atom is -0.465 e. The molecule has 0 saturated carbocycles. The number of hydrogen-bond acceptors (Lipinski definition) is 4. The number of rotatable bonds is 3. The number of esters is 1. The van der Waals surface area contributed by atoms with Crippen molar-refractivity contribution in [3.05, 3.63) is 28.8 Å². The highest BCUT2D eigenvalue weighted by Crippen LogP contribution is 2.24. The van der Waals surface area contributed by atoms with Gasteiger partial charge in [0, 0.05) is 0 Å². The highest BCUT2D eigenvalue weighted by atomic mass is 35.5. The van der Waals surface area contributed by atoms with E-state index in [2.05, 4.69) is 9.46 Å². The minimum atomic E-state index is -3.39. The topological polar surface area (TPSA) is 72.5 Å². The number of methoxy groups -OCH3 is 1. The van der Waals surface area contributed by atoms with Crippen molar-refractivity contribution in [2.45, 2.75) is 0 Å². The maximum Gasteiger partial charge on any atom is 0.337 e. The van der Waals surface area contributed by atoms with Gasteiger partial charge in [-0.1, -0.05) is 11.6 Å². The summed E-state index contributed by atoms with van der Waals surface area (Å²) in [5.74, 6) is -0.534.